The third-order valence-corrected chi connectivity index (χ3v) is 7.22. The number of benzene rings is 1. The van der Waals surface area contributed by atoms with Gasteiger partial charge in [0.1, 0.15) is 0 Å². The van der Waals surface area contributed by atoms with Crippen LogP contribution in [0, 0.1) is 0 Å². The largest absolute Gasteiger partial charge is 0.322 e. The van der Waals surface area contributed by atoms with Crippen molar-refractivity contribution in [2.24, 2.45) is 0 Å². The van der Waals surface area contributed by atoms with Crippen LogP contribution in [0.2, 0.25) is 0 Å². The first-order chi connectivity index (χ1) is 11.5. The first-order valence-electron chi connectivity index (χ1n) is 8.12. The second-order valence-corrected chi connectivity index (χ2v) is 9.29. The number of rotatable bonds is 3. The van der Waals surface area contributed by atoms with Crippen LogP contribution in [0.25, 0.3) is 0 Å². The number of hydrogen-bond acceptors (Lipinski definition) is 5. The van der Waals surface area contributed by atoms with Gasteiger partial charge in [0, 0.05) is 37.1 Å². The summed E-state index contributed by atoms with van der Waals surface area (Å²) in [5.74, 6) is 0.560. The Morgan fingerprint density at radius 1 is 1.21 bits per heavy atom. The van der Waals surface area contributed by atoms with E-state index in [1.165, 1.54) is 0 Å². The maximum absolute atomic E-state index is 12.5. The standard InChI is InChI=1S/C16H23N3O3S2/c1-23-15-5-3-2-4-14(15)17-16(20)19-9-7-18(8-10-19)13-6-11-24(21,22)12-13/h2-5,13H,6-12H2,1H3,(H,17,20)/t13-/m1/s1. The molecule has 0 bridgehead atoms. The number of carbonyl (C=O) groups is 1. The molecule has 2 aliphatic heterocycles. The molecule has 2 heterocycles. The molecule has 2 amide bonds. The Morgan fingerprint density at radius 2 is 1.92 bits per heavy atom. The number of sulfone groups is 1. The van der Waals surface area contributed by atoms with Gasteiger partial charge in [-0.1, -0.05) is 12.1 Å². The Hall–Kier alpha value is -1.25. The van der Waals surface area contributed by atoms with Gasteiger partial charge in [-0.3, -0.25) is 4.90 Å². The van der Waals surface area contributed by atoms with Gasteiger partial charge < -0.3 is 10.2 Å². The Morgan fingerprint density at radius 3 is 2.54 bits per heavy atom. The lowest BCUT2D eigenvalue weighted by atomic mass is 10.2. The molecule has 0 aromatic heterocycles. The minimum Gasteiger partial charge on any atom is -0.322 e. The average molecular weight is 370 g/mol. The number of piperazine rings is 1. The lowest BCUT2D eigenvalue weighted by molar-refractivity contribution is 0.121. The van der Waals surface area contributed by atoms with Gasteiger partial charge in [0.2, 0.25) is 0 Å². The van der Waals surface area contributed by atoms with E-state index in [0.29, 0.717) is 18.8 Å². The van der Waals surface area contributed by atoms with Crippen LogP contribution in [0.15, 0.2) is 29.2 Å². The van der Waals surface area contributed by atoms with Crippen molar-refractivity contribution < 1.29 is 13.2 Å². The number of carbonyl (C=O) groups excluding carboxylic acids is 1. The zero-order chi connectivity index (χ0) is 17.2. The van der Waals surface area contributed by atoms with E-state index >= 15 is 0 Å². The monoisotopic (exact) mass is 369 g/mol. The molecule has 2 fully saturated rings. The Labute approximate surface area is 147 Å². The molecule has 132 valence electrons. The van der Waals surface area contributed by atoms with Crippen LogP contribution in [0.1, 0.15) is 6.42 Å². The topological polar surface area (TPSA) is 69.7 Å². The number of nitrogens with zero attached hydrogens (tertiary/aromatic N) is 2. The van der Waals surface area contributed by atoms with Crippen molar-refractivity contribution in [1.29, 1.82) is 0 Å². The van der Waals surface area contributed by atoms with Crippen molar-refractivity contribution in [1.82, 2.24) is 9.80 Å². The first kappa shape index (κ1) is 17.6. The smallest absolute Gasteiger partial charge is 0.321 e. The van der Waals surface area contributed by atoms with E-state index < -0.39 is 9.84 Å². The summed E-state index contributed by atoms with van der Waals surface area (Å²) in [4.78, 5) is 17.5. The minimum atomic E-state index is -2.86. The van der Waals surface area contributed by atoms with Crippen LogP contribution < -0.4 is 5.32 Å². The molecule has 0 aliphatic carbocycles. The minimum absolute atomic E-state index is 0.0878. The maximum atomic E-state index is 12.5. The zero-order valence-electron chi connectivity index (χ0n) is 13.8. The highest BCUT2D eigenvalue weighted by Gasteiger charge is 2.34. The predicted octanol–water partition coefficient (Wildman–Crippen LogP) is 1.75. The van der Waals surface area contributed by atoms with Gasteiger partial charge in [0.15, 0.2) is 9.84 Å². The van der Waals surface area contributed by atoms with Gasteiger partial charge in [-0.05, 0) is 24.8 Å². The van der Waals surface area contributed by atoms with E-state index in [1.54, 1.807) is 16.7 Å². The number of hydrogen-bond donors (Lipinski definition) is 1. The molecule has 0 radical (unpaired) electrons. The number of para-hydroxylation sites is 1. The summed E-state index contributed by atoms with van der Waals surface area (Å²) in [6.45, 7) is 2.73. The lowest BCUT2D eigenvalue weighted by Gasteiger charge is -2.37. The fraction of sp³-hybridized carbons (Fsp3) is 0.562. The second kappa shape index (κ2) is 7.33. The van der Waals surface area contributed by atoms with Crippen molar-refractivity contribution in [2.45, 2.75) is 17.4 Å². The van der Waals surface area contributed by atoms with Gasteiger partial charge in [-0.2, -0.15) is 0 Å². The van der Waals surface area contributed by atoms with E-state index in [4.69, 9.17) is 0 Å². The second-order valence-electron chi connectivity index (χ2n) is 6.21. The third-order valence-electron chi connectivity index (χ3n) is 4.67. The molecular formula is C16H23N3O3S2. The number of urea groups is 1. The van der Waals surface area contributed by atoms with E-state index in [2.05, 4.69) is 10.2 Å². The molecule has 1 aromatic carbocycles. The Bertz CT molecular complexity index is 700. The molecule has 6 nitrogen and oxygen atoms in total. The molecule has 0 saturated carbocycles. The predicted molar refractivity (Wildman–Crippen MR) is 97.4 cm³/mol. The number of anilines is 1. The number of nitrogens with one attached hydrogen (secondary N) is 1. The Balaban J connectivity index is 1.54. The molecule has 1 atom stereocenters. The average Bonchev–Trinajstić information content (AvgIpc) is 2.95. The quantitative estimate of drug-likeness (QED) is 0.822. The summed E-state index contributed by atoms with van der Waals surface area (Å²) in [5, 5.41) is 2.98. The summed E-state index contributed by atoms with van der Waals surface area (Å²) in [6, 6.07) is 7.79. The van der Waals surface area contributed by atoms with E-state index in [9.17, 15) is 13.2 Å². The Kier molecular flexibility index (Phi) is 5.36. The molecule has 2 saturated heterocycles. The molecule has 0 unspecified atom stereocenters. The SMILES string of the molecule is CSc1ccccc1NC(=O)N1CCN([C@@H]2CCS(=O)(=O)C2)CC1. The molecule has 1 aromatic rings. The molecule has 3 rings (SSSR count). The summed E-state index contributed by atoms with van der Waals surface area (Å²) in [5.41, 5.74) is 0.833. The fourth-order valence-electron chi connectivity index (χ4n) is 3.30. The summed E-state index contributed by atoms with van der Waals surface area (Å²) in [6.07, 6.45) is 2.70. The molecule has 1 N–H and O–H groups in total. The maximum Gasteiger partial charge on any atom is 0.321 e. The van der Waals surface area contributed by atoms with Gasteiger partial charge in [-0.15, -0.1) is 11.8 Å². The van der Waals surface area contributed by atoms with Crippen LogP contribution in [0.3, 0.4) is 0 Å². The van der Waals surface area contributed by atoms with Gasteiger partial charge in [0.25, 0.3) is 0 Å². The van der Waals surface area contributed by atoms with E-state index in [1.807, 2.05) is 30.5 Å². The van der Waals surface area contributed by atoms with Crippen molar-refractivity contribution in [2.75, 3.05) is 49.3 Å². The van der Waals surface area contributed by atoms with Crippen LogP contribution in [-0.4, -0.2) is 74.2 Å². The number of thioether (sulfide) groups is 1. The summed E-state index contributed by atoms with van der Waals surface area (Å²) < 4.78 is 23.2. The lowest BCUT2D eigenvalue weighted by Crippen LogP contribution is -2.53. The highest BCUT2D eigenvalue weighted by Crippen LogP contribution is 2.25. The zero-order valence-corrected chi connectivity index (χ0v) is 15.4. The normalized spacial score (nSPS) is 24.0. The third kappa shape index (κ3) is 4.04. The van der Waals surface area contributed by atoms with Crippen molar-refractivity contribution in [3.8, 4) is 0 Å². The molecule has 8 heteroatoms. The molecular weight excluding hydrogens is 346 g/mol. The van der Waals surface area contributed by atoms with Gasteiger partial charge >= 0.3 is 6.03 Å². The highest BCUT2D eigenvalue weighted by atomic mass is 32.2. The van der Waals surface area contributed by atoms with E-state index in [0.717, 1.165) is 30.1 Å². The molecule has 0 spiro atoms. The number of amides is 2. The van der Waals surface area contributed by atoms with Crippen LogP contribution in [-0.2, 0) is 9.84 Å². The van der Waals surface area contributed by atoms with Crippen molar-refractivity contribution >= 4 is 33.3 Å². The van der Waals surface area contributed by atoms with Gasteiger partial charge in [-0.25, -0.2) is 13.2 Å². The van der Waals surface area contributed by atoms with E-state index in [-0.39, 0.29) is 17.8 Å². The van der Waals surface area contributed by atoms with Crippen molar-refractivity contribution in [3.05, 3.63) is 24.3 Å². The van der Waals surface area contributed by atoms with Crippen LogP contribution >= 0.6 is 11.8 Å². The van der Waals surface area contributed by atoms with Gasteiger partial charge in [0.05, 0.1) is 17.2 Å². The summed E-state index contributed by atoms with van der Waals surface area (Å²) >= 11 is 1.60. The van der Waals surface area contributed by atoms with Crippen molar-refractivity contribution in [3.63, 3.8) is 0 Å². The molecule has 24 heavy (non-hydrogen) atoms. The summed E-state index contributed by atoms with van der Waals surface area (Å²) in [7, 11) is -2.86. The molecule has 2 aliphatic rings. The highest BCUT2D eigenvalue weighted by molar-refractivity contribution is 7.98. The first-order valence-corrected chi connectivity index (χ1v) is 11.2. The fourth-order valence-corrected chi connectivity index (χ4v) is 5.61. The van der Waals surface area contributed by atoms with Crippen LogP contribution in [0.5, 0.6) is 0 Å². The van der Waals surface area contributed by atoms with Crippen LogP contribution in [0.4, 0.5) is 10.5 Å².